The van der Waals surface area contributed by atoms with Gasteiger partial charge in [0.05, 0.1) is 31.5 Å². The highest BCUT2D eigenvalue weighted by Crippen LogP contribution is 2.41. The number of aliphatic hydroxyl groups excluding tert-OH is 1. The number of ketones is 1. The summed E-state index contributed by atoms with van der Waals surface area (Å²) in [4.78, 5) is 27.3. The number of Topliss-reactive ketones (excluding diaryl/α,β-unsaturated/α-hetero) is 1. The Labute approximate surface area is 177 Å². The Balaban J connectivity index is 1.87. The van der Waals surface area contributed by atoms with E-state index in [0.717, 1.165) is 0 Å². The second-order valence-corrected chi connectivity index (χ2v) is 7.23. The van der Waals surface area contributed by atoms with Crippen LogP contribution in [0.15, 0.2) is 76.9 Å². The molecule has 1 fully saturated rings. The van der Waals surface area contributed by atoms with Crippen LogP contribution in [0.1, 0.15) is 22.9 Å². The minimum atomic E-state index is -0.805. The minimum absolute atomic E-state index is 0.00197. The monoisotopic (exact) mass is 423 g/mol. The maximum Gasteiger partial charge on any atom is 0.296 e. The molecule has 2 aromatic carbocycles. The van der Waals surface area contributed by atoms with Gasteiger partial charge in [-0.3, -0.25) is 9.59 Å². The van der Waals surface area contributed by atoms with Crippen LogP contribution in [0.2, 0.25) is 5.02 Å². The molecule has 30 heavy (non-hydrogen) atoms. The summed E-state index contributed by atoms with van der Waals surface area (Å²) in [5.74, 6) is -0.643. The third kappa shape index (κ3) is 3.57. The van der Waals surface area contributed by atoms with E-state index in [9.17, 15) is 14.7 Å². The van der Waals surface area contributed by atoms with Crippen molar-refractivity contribution in [2.45, 2.75) is 12.6 Å². The Hall–Kier alpha value is -3.51. The van der Waals surface area contributed by atoms with E-state index in [0.29, 0.717) is 27.7 Å². The first-order valence-corrected chi connectivity index (χ1v) is 9.58. The Morgan fingerprint density at radius 3 is 2.57 bits per heavy atom. The van der Waals surface area contributed by atoms with Crippen molar-refractivity contribution in [3.05, 3.63) is 94.4 Å². The SMILES string of the molecule is COc1cccc(C2/C(=C(\O)c3ccc(Cl)cc3)C(=O)C(=O)N2Cc2ccco2)c1. The summed E-state index contributed by atoms with van der Waals surface area (Å²) >= 11 is 5.94. The summed E-state index contributed by atoms with van der Waals surface area (Å²) in [5, 5.41) is 11.5. The van der Waals surface area contributed by atoms with Gasteiger partial charge in [0.15, 0.2) is 0 Å². The molecule has 152 valence electrons. The molecule has 4 rings (SSSR count). The zero-order valence-electron chi connectivity index (χ0n) is 16.0. The van der Waals surface area contributed by atoms with E-state index in [1.807, 2.05) is 0 Å². The van der Waals surface area contributed by atoms with Gasteiger partial charge in [0.25, 0.3) is 11.7 Å². The molecule has 1 atom stereocenters. The molecule has 1 unspecified atom stereocenters. The number of benzene rings is 2. The third-order valence-corrected chi connectivity index (χ3v) is 5.23. The van der Waals surface area contributed by atoms with Crippen LogP contribution in [0.3, 0.4) is 0 Å². The first-order chi connectivity index (χ1) is 14.5. The molecule has 0 bridgehead atoms. The highest BCUT2D eigenvalue weighted by atomic mass is 35.5. The van der Waals surface area contributed by atoms with Gasteiger partial charge in [-0.2, -0.15) is 0 Å². The number of rotatable bonds is 5. The highest BCUT2D eigenvalue weighted by Gasteiger charge is 2.46. The molecule has 2 heterocycles. The molecule has 7 heteroatoms. The molecule has 1 N–H and O–H groups in total. The lowest BCUT2D eigenvalue weighted by Crippen LogP contribution is -2.29. The molecule has 1 amide bonds. The van der Waals surface area contributed by atoms with Crippen LogP contribution in [0, 0.1) is 0 Å². The summed E-state index contributed by atoms with van der Waals surface area (Å²) in [6, 6.07) is 16.1. The van der Waals surface area contributed by atoms with Gasteiger partial charge in [-0.25, -0.2) is 0 Å². The summed E-state index contributed by atoms with van der Waals surface area (Å²) < 4.78 is 10.7. The molecular formula is C23H18ClNO5. The fraction of sp³-hybridized carbons (Fsp3) is 0.130. The van der Waals surface area contributed by atoms with Crippen LogP contribution in [0.5, 0.6) is 5.75 Å². The summed E-state index contributed by atoms with van der Waals surface area (Å²) in [6.45, 7) is 0.0802. The molecule has 0 aliphatic carbocycles. The van der Waals surface area contributed by atoms with Crippen LogP contribution in [0.25, 0.3) is 5.76 Å². The molecule has 1 aromatic heterocycles. The smallest absolute Gasteiger partial charge is 0.296 e. The number of amides is 1. The Kier molecular flexibility index (Phi) is 5.33. The zero-order valence-corrected chi connectivity index (χ0v) is 16.8. The molecule has 6 nitrogen and oxygen atoms in total. The number of hydrogen-bond acceptors (Lipinski definition) is 5. The number of likely N-dealkylation sites (tertiary alicyclic amines) is 1. The first-order valence-electron chi connectivity index (χ1n) is 9.20. The first kappa shape index (κ1) is 19.8. The second-order valence-electron chi connectivity index (χ2n) is 6.79. The van der Waals surface area contributed by atoms with Crippen LogP contribution in [-0.2, 0) is 16.1 Å². The molecule has 0 spiro atoms. The van der Waals surface area contributed by atoms with Gasteiger partial charge in [0.1, 0.15) is 17.3 Å². The standard InChI is InChI=1S/C23H18ClNO5/c1-29-17-5-2-4-15(12-17)20-19(21(26)14-7-9-16(24)10-8-14)22(27)23(28)25(20)13-18-6-3-11-30-18/h2-12,20,26H,13H2,1H3/b21-19+. The van der Waals surface area contributed by atoms with Crippen molar-refractivity contribution in [1.29, 1.82) is 0 Å². The van der Waals surface area contributed by atoms with Gasteiger partial charge in [0, 0.05) is 10.6 Å². The van der Waals surface area contributed by atoms with Gasteiger partial charge < -0.3 is 19.2 Å². The maximum absolute atomic E-state index is 13.0. The van der Waals surface area contributed by atoms with Crippen molar-refractivity contribution in [2.75, 3.05) is 7.11 Å². The fourth-order valence-electron chi connectivity index (χ4n) is 3.53. The second kappa shape index (κ2) is 8.08. The number of aliphatic hydroxyl groups is 1. The average Bonchev–Trinajstić information content (AvgIpc) is 3.36. The van der Waals surface area contributed by atoms with E-state index in [1.165, 1.54) is 18.3 Å². The van der Waals surface area contributed by atoms with Crippen molar-refractivity contribution in [3.63, 3.8) is 0 Å². The van der Waals surface area contributed by atoms with E-state index in [2.05, 4.69) is 0 Å². The van der Waals surface area contributed by atoms with Crippen molar-refractivity contribution < 1.29 is 23.8 Å². The van der Waals surface area contributed by atoms with Gasteiger partial charge in [-0.15, -0.1) is 0 Å². The quantitative estimate of drug-likeness (QED) is 0.369. The number of carbonyl (C=O) groups is 2. The molecule has 0 saturated carbocycles. The van der Waals surface area contributed by atoms with Crippen LogP contribution >= 0.6 is 11.6 Å². The van der Waals surface area contributed by atoms with E-state index >= 15 is 0 Å². The van der Waals surface area contributed by atoms with Crippen LogP contribution < -0.4 is 4.74 Å². The molecule has 1 aliphatic heterocycles. The predicted molar refractivity (Wildman–Crippen MR) is 111 cm³/mol. The summed E-state index contributed by atoms with van der Waals surface area (Å²) in [7, 11) is 1.53. The number of methoxy groups -OCH3 is 1. The van der Waals surface area contributed by atoms with Gasteiger partial charge in [-0.1, -0.05) is 23.7 Å². The Morgan fingerprint density at radius 2 is 1.90 bits per heavy atom. The topological polar surface area (TPSA) is 80.0 Å². The Bertz CT molecular complexity index is 1120. The lowest BCUT2D eigenvalue weighted by Gasteiger charge is -2.24. The largest absolute Gasteiger partial charge is 0.507 e. The maximum atomic E-state index is 13.0. The molecule has 1 saturated heterocycles. The van der Waals surface area contributed by atoms with Gasteiger partial charge in [-0.05, 0) is 54.1 Å². The normalized spacial score (nSPS) is 18.1. The van der Waals surface area contributed by atoms with Crippen LogP contribution in [0.4, 0.5) is 0 Å². The summed E-state index contributed by atoms with van der Waals surface area (Å²) in [5.41, 5.74) is 1.03. The predicted octanol–water partition coefficient (Wildman–Crippen LogP) is 4.56. The van der Waals surface area contributed by atoms with E-state index < -0.39 is 17.7 Å². The number of hydrogen-bond donors (Lipinski definition) is 1. The number of halogens is 1. The average molecular weight is 424 g/mol. The van der Waals surface area contributed by atoms with E-state index in [1.54, 1.807) is 60.7 Å². The number of furan rings is 1. The highest BCUT2D eigenvalue weighted by molar-refractivity contribution is 6.46. The van der Waals surface area contributed by atoms with Crippen molar-refractivity contribution in [1.82, 2.24) is 4.90 Å². The van der Waals surface area contributed by atoms with Crippen molar-refractivity contribution >= 4 is 29.1 Å². The molecule has 3 aromatic rings. The number of carbonyl (C=O) groups excluding carboxylic acids is 2. The van der Waals surface area contributed by atoms with Crippen LogP contribution in [-0.4, -0.2) is 28.8 Å². The Morgan fingerprint density at radius 1 is 1.13 bits per heavy atom. The summed E-state index contributed by atoms with van der Waals surface area (Å²) in [6.07, 6.45) is 1.50. The van der Waals surface area contributed by atoms with E-state index in [-0.39, 0.29) is 17.9 Å². The molecular weight excluding hydrogens is 406 g/mol. The zero-order chi connectivity index (χ0) is 21.3. The van der Waals surface area contributed by atoms with Crippen molar-refractivity contribution in [3.8, 4) is 5.75 Å². The number of ether oxygens (including phenoxy) is 1. The minimum Gasteiger partial charge on any atom is -0.507 e. The van der Waals surface area contributed by atoms with Gasteiger partial charge in [0.2, 0.25) is 0 Å². The fourth-order valence-corrected chi connectivity index (χ4v) is 3.66. The molecule has 0 radical (unpaired) electrons. The third-order valence-electron chi connectivity index (χ3n) is 4.97. The lowest BCUT2D eigenvalue weighted by molar-refractivity contribution is -0.140. The lowest BCUT2D eigenvalue weighted by atomic mass is 9.95. The molecule has 1 aliphatic rings. The van der Waals surface area contributed by atoms with Gasteiger partial charge >= 0.3 is 0 Å². The van der Waals surface area contributed by atoms with E-state index in [4.69, 9.17) is 20.8 Å². The van der Waals surface area contributed by atoms with Crippen molar-refractivity contribution in [2.24, 2.45) is 0 Å². The number of nitrogens with zero attached hydrogens (tertiary/aromatic N) is 1.